The number of aromatic hydroxyl groups is 1. The zero-order valence-corrected chi connectivity index (χ0v) is 18.8. The number of carbonyl (C=O) groups excluding carboxylic acids is 1. The van der Waals surface area contributed by atoms with Gasteiger partial charge in [-0.2, -0.15) is 0 Å². The van der Waals surface area contributed by atoms with E-state index in [1.54, 1.807) is 0 Å². The van der Waals surface area contributed by atoms with Gasteiger partial charge in [-0.05, 0) is 30.4 Å². The number of aromatic amines is 1. The summed E-state index contributed by atoms with van der Waals surface area (Å²) in [5.41, 5.74) is 2.92. The van der Waals surface area contributed by atoms with Gasteiger partial charge in [-0.3, -0.25) is 9.59 Å². The molecule has 1 atom stereocenters. The maximum absolute atomic E-state index is 13.3. The van der Waals surface area contributed by atoms with Crippen LogP contribution in [0, 0.1) is 5.92 Å². The van der Waals surface area contributed by atoms with Crippen LogP contribution in [-0.2, 0) is 29.1 Å². The summed E-state index contributed by atoms with van der Waals surface area (Å²) in [6.07, 6.45) is 1.58. The van der Waals surface area contributed by atoms with Crippen molar-refractivity contribution in [2.75, 3.05) is 13.7 Å². The Morgan fingerprint density at radius 3 is 2.84 bits per heavy atom. The van der Waals surface area contributed by atoms with Gasteiger partial charge in [-0.1, -0.05) is 32.0 Å². The van der Waals surface area contributed by atoms with Gasteiger partial charge in [0.15, 0.2) is 5.76 Å². The predicted octanol–water partition coefficient (Wildman–Crippen LogP) is 4.08. The smallest absolute Gasteiger partial charge is 0.227 e. The number of ether oxygens (including phenoxy) is 1. The first-order chi connectivity index (χ1) is 15.4. The second-order valence-corrected chi connectivity index (χ2v) is 8.95. The Hall–Kier alpha value is -3.06. The van der Waals surface area contributed by atoms with Gasteiger partial charge in [0.1, 0.15) is 12.4 Å². The number of H-pyrrole nitrogens is 1. The summed E-state index contributed by atoms with van der Waals surface area (Å²) in [5.74, 6) is -0.0533. The van der Waals surface area contributed by atoms with Crippen LogP contribution < -0.4 is 5.43 Å². The zero-order chi connectivity index (χ0) is 22.8. The van der Waals surface area contributed by atoms with Crippen LogP contribution in [-0.4, -0.2) is 34.6 Å². The average molecular weight is 439 g/mol. The lowest BCUT2D eigenvalue weighted by Crippen LogP contribution is -2.36. The van der Waals surface area contributed by atoms with E-state index in [1.165, 1.54) is 24.1 Å². The monoisotopic (exact) mass is 438 g/mol. The summed E-state index contributed by atoms with van der Waals surface area (Å²) in [6, 6.07) is 9.43. The number of aromatic nitrogens is 1. The molecule has 0 unspecified atom stereocenters. The van der Waals surface area contributed by atoms with Gasteiger partial charge in [-0.15, -0.1) is 0 Å². The van der Waals surface area contributed by atoms with E-state index in [0.29, 0.717) is 25.3 Å². The van der Waals surface area contributed by atoms with E-state index in [1.807, 2.05) is 30.9 Å². The predicted molar refractivity (Wildman–Crippen MR) is 122 cm³/mol. The molecular weight excluding hydrogens is 408 g/mol. The molecule has 1 aromatic carbocycles. The van der Waals surface area contributed by atoms with Gasteiger partial charge in [0.2, 0.25) is 17.1 Å². The highest BCUT2D eigenvalue weighted by Crippen LogP contribution is 2.34. The van der Waals surface area contributed by atoms with E-state index in [0.717, 1.165) is 17.6 Å². The number of nitrogens with one attached hydrogen (secondary N) is 1. The molecule has 7 nitrogen and oxygen atoms in total. The molecular formula is C25H30N2O5. The minimum Gasteiger partial charge on any atom is -0.502 e. The van der Waals surface area contributed by atoms with E-state index >= 15 is 0 Å². The minimum absolute atomic E-state index is 0.0147. The van der Waals surface area contributed by atoms with Crippen LogP contribution >= 0.6 is 0 Å². The van der Waals surface area contributed by atoms with Gasteiger partial charge in [0.25, 0.3) is 0 Å². The molecule has 1 amide bonds. The Morgan fingerprint density at radius 2 is 2.09 bits per heavy atom. The van der Waals surface area contributed by atoms with Crippen molar-refractivity contribution in [3.63, 3.8) is 0 Å². The van der Waals surface area contributed by atoms with Crippen LogP contribution in [0.3, 0.4) is 0 Å². The topological polar surface area (TPSA) is 95.8 Å². The molecule has 2 aromatic heterocycles. The number of hydrogen-bond donors (Lipinski definition) is 2. The van der Waals surface area contributed by atoms with Crippen LogP contribution in [0.4, 0.5) is 0 Å². The summed E-state index contributed by atoms with van der Waals surface area (Å²) >= 11 is 0. The quantitative estimate of drug-likeness (QED) is 0.580. The number of carbonyl (C=O) groups is 1. The number of methoxy groups -OCH3 is 1. The normalized spacial score (nSPS) is 14.7. The van der Waals surface area contributed by atoms with E-state index in [-0.39, 0.29) is 30.6 Å². The number of para-hydroxylation sites is 1. The molecule has 3 heterocycles. The second kappa shape index (κ2) is 9.20. The first-order valence-electron chi connectivity index (χ1n) is 11.1. The maximum Gasteiger partial charge on any atom is 0.227 e. The number of rotatable bonds is 7. The standard InChI is InChI=1S/C25H30N2O5/c1-15(2)10-16(25-24(30)22(28)12-17(32-25)14-31-3)11-23(29)27-9-8-19-18-6-4-5-7-20(18)26-21(19)13-27/h4-7,12,15-16,26,30H,8-11,13-14H2,1-3H3/t16-/m0/s1. The third-order valence-electron chi connectivity index (χ3n) is 6.07. The molecule has 1 aliphatic rings. The first-order valence-corrected chi connectivity index (χ1v) is 11.1. The highest BCUT2D eigenvalue weighted by atomic mass is 16.5. The third kappa shape index (κ3) is 4.43. The Labute approximate surface area is 187 Å². The van der Waals surface area contributed by atoms with Crippen LogP contribution in [0.15, 0.2) is 39.5 Å². The van der Waals surface area contributed by atoms with Gasteiger partial charge in [-0.25, -0.2) is 0 Å². The lowest BCUT2D eigenvalue weighted by atomic mass is 9.90. The largest absolute Gasteiger partial charge is 0.502 e. The molecule has 32 heavy (non-hydrogen) atoms. The molecule has 0 aliphatic carbocycles. The molecule has 0 bridgehead atoms. The SMILES string of the molecule is COCc1cc(=O)c(O)c([C@H](CC(=O)N2CCc3c([nH]c4ccccc34)C2)CC(C)C)o1. The summed E-state index contributed by atoms with van der Waals surface area (Å²) < 4.78 is 10.9. The molecule has 0 saturated carbocycles. The molecule has 0 saturated heterocycles. The molecule has 1 aliphatic heterocycles. The molecule has 3 aromatic rings. The fourth-order valence-electron chi connectivity index (χ4n) is 4.64. The summed E-state index contributed by atoms with van der Waals surface area (Å²) in [4.78, 5) is 30.8. The van der Waals surface area contributed by atoms with Crippen molar-refractivity contribution in [2.45, 2.75) is 52.2 Å². The minimum atomic E-state index is -0.514. The van der Waals surface area contributed by atoms with Crippen molar-refractivity contribution in [1.82, 2.24) is 9.88 Å². The second-order valence-electron chi connectivity index (χ2n) is 8.95. The number of hydrogen-bond acceptors (Lipinski definition) is 5. The Morgan fingerprint density at radius 1 is 1.31 bits per heavy atom. The molecule has 0 fully saturated rings. The van der Waals surface area contributed by atoms with E-state index in [4.69, 9.17) is 9.15 Å². The van der Waals surface area contributed by atoms with Gasteiger partial charge in [0, 0.05) is 48.7 Å². The van der Waals surface area contributed by atoms with E-state index in [9.17, 15) is 14.7 Å². The molecule has 0 spiro atoms. The van der Waals surface area contributed by atoms with Crippen molar-refractivity contribution in [3.8, 4) is 5.75 Å². The Bertz CT molecular complexity index is 1180. The van der Waals surface area contributed by atoms with Gasteiger partial charge >= 0.3 is 0 Å². The summed E-state index contributed by atoms with van der Waals surface area (Å²) in [6.45, 7) is 5.38. The lowest BCUT2D eigenvalue weighted by molar-refractivity contribution is -0.132. The number of nitrogens with zero attached hydrogens (tertiary/aromatic N) is 1. The molecule has 170 valence electrons. The van der Waals surface area contributed by atoms with Crippen molar-refractivity contribution in [3.05, 3.63) is 63.3 Å². The van der Waals surface area contributed by atoms with Crippen molar-refractivity contribution in [2.24, 2.45) is 5.92 Å². The third-order valence-corrected chi connectivity index (χ3v) is 6.07. The summed E-state index contributed by atoms with van der Waals surface area (Å²) in [7, 11) is 1.51. The van der Waals surface area contributed by atoms with Crippen molar-refractivity contribution < 1.29 is 19.1 Å². The van der Waals surface area contributed by atoms with Crippen LogP contribution in [0.25, 0.3) is 10.9 Å². The Balaban J connectivity index is 1.57. The summed E-state index contributed by atoms with van der Waals surface area (Å²) in [5, 5.41) is 11.6. The van der Waals surface area contributed by atoms with Crippen molar-refractivity contribution >= 4 is 16.8 Å². The van der Waals surface area contributed by atoms with Crippen LogP contribution in [0.2, 0.25) is 0 Å². The number of fused-ring (bicyclic) bond motifs is 3. The number of benzene rings is 1. The lowest BCUT2D eigenvalue weighted by Gasteiger charge is -2.29. The fraction of sp³-hybridized carbons (Fsp3) is 0.440. The van der Waals surface area contributed by atoms with Gasteiger partial charge in [0.05, 0.1) is 6.54 Å². The molecule has 4 rings (SSSR count). The first kappa shape index (κ1) is 22.1. The highest BCUT2D eigenvalue weighted by molar-refractivity contribution is 5.85. The van der Waals surface area contributed by atoms with Crippen LogP contribution in [0.5, 0.6) is 5.75 Å². The fourth-order valence-corrected chi connectivity index (χ4v) is 4.64. The average Bonchev–Trinajstić information content (AvgIpc) is 3.13. The van der Waals surface area contributed by atoms with E-state index < -0.39 is 17.1 Å². The van der Waals surface area contributed by atoms with Gasteiger partial charge < -0.3 is 24.1 Å². The molecule has 2 N–H and O–H groups in total. The van der Waals surface area contributed by atoms with Crippen molar-refractivity contribution in [1.29, 1.82) is 0 Å². The highest BCUT2D eigenvalue weighted by Gasteiger charge is 2.29. The maximum atomic E-state index is 13.3. The molecule has 0 radical (unpaired) electrons. The molecule has 7 heteroatoms. The van der Waals surface area contributed by atoms with E-state index in [2.05, 4.69) is 17.1 Å². The van der Waals surface area contributed by atoms with Crippen LogP contribution in [0.1, 0.15) is 55.4 Å². The zero-order valence-electron chi connectivity index (χ0n) is 18.8. The number of amides is 1. The Kier molecular flexibility index (Phi) is 6.37.